The highest BCUT2D eigenvalue weighted by atomic mass is 32.2. The lowest BCUT2D eigenvalue weighted by molar-refractivity contribution is 0.203. The Balaban J connectivity index is 1.36. The first-order valence-electron chi connectivity index (χ1n) is 11.8. The van der Waals surface area contributed by atoms with Crippen LogP contribution in [0.25, 0.3) is 0 Å². The van der Waals surface area contributed by atoms with Crippen molar-refractivity contribution in [3.8, 4) is 5.75 Å². The van der Waals surface area contributed by atoms with Crippen molar-refractivity contribution in [1.82, 2.24) is 14.8 Å². The minimum absolute atomic E-state index is 0.154. The Bertz CT molecular complexity index is 1080. The summed E-state index contributed by atoms with van der Waals surface area (Å²) in [4.78, 5) is 0. The average Bonchev–Trinajstić information content (AvgIpc) is 3.58. The van der Waals surface area contributed by atoms with Crippen molar-refractivity contribution in [2.75, 3.05) is 5.75 Å². The SMILES string of the molecule is C[C@H]([C@@H]1C[C@H]2CC[C@H]1C2)n1c(COc2ccccc2F)nnc1SC[C@H](O)c1ccccc1. The smallest absolute Gasteiger partial charge is 0.191 e. The van der Waals surface area contributed by atoms with Crippen LogP contribution in [-0.2, 0) is 6.61 Å². The number of nitrogens with zero attached hydrogens (tertiary/aromatic N) is 3. The molecule has 2 bridgehead atoms. The quantitative estimate of drug-likeness (QED) is 0.402. The summed E-state index contributed by atoms with van der Waals surface area (Å²) in [5.41, 5.74) is 0.889. The molecule has 0 spiro atoms. The summed E-state index contributed by atoms with van der Waals surface area (Å²) in [6.07, 6.45) is 4.64. The molecule has 2 fully saturated rings. The zero-order valence-electron chi connectivity index (χ0n) is 18.8. The number of hydrogen-bond donors (Lipinski definition) is 1. The Morgan fingerprint density at radius 2 is 1.88 bits per heavy atom. The molecule has 0 saturated heterocycles. The highest BCUT2D eigenvalue weighted by Gasteiger charge is 2.43. The van der Waals surface area contributed by atoms with E-state index in [-0.39, 0.29) is 24.2 Å². The largest absolute Gasteiger partial charge is 0.483 e. The third kappa shape index (κ3) is 4.80. The van der Waals surface area contributed by atoms with Gasteiger partial charge in [-0.25, -0.2) is 4.39 Å². The number of hydrogen-bond acceptors (Lipinski definition) is 5. The molecule has 174 valence electrons. The Labute approximate surface area is 198 Å². The molecule has 7 heteroatoms. The lowest BCUT2D eigenvalue weighted by Crippen LogP contribution is -2.24. The molecule has 2 aliphatic carbocycles. The van der Waals surface area contributed by atoms with Crippen LogP contribution in [0.4, 0.5) is 4.39 Å². The highest BCUT2D eigenvalue weighted by Crippen LogP contribution is 2.52. The molecular weight excluding hydrogens is 437 g/mol. The Morgan fingerprint density at radius 3 is 2.61 bits per heavy atom. The maximum Gasteiger partial charge on any atom is 0.191 e. The fourth-order valence-corrected chi connectivity index (χ4v) is 6.63. The van der Waals surface area contributed by atoms with Crippen LogP contribution >= 0.6 is 11.8 Å². The van der Waals surface area contributed by atoms with E-state index in [9.17, 15) is 9.50 Å². The summed E-state index contributed by atoms with van der Waals surface area (Å²) >= 11 is 1.51. The van der Waals surface area contributed by atoms with E-state index >= 15 is 0 Å². The number of rotatable bonds is 9. The van der Waals surface area contributed by atoms with Crippen LogP contribution in [0, 0.1) is 23.6 Å². The summed E-state index contributed by atoms with van der Waals surface area (Å²) in [6, 6.07) is 16.3. The maximum atomic E-state index is 14.1. The van der Waals surface area contributed by atoms with Gasteiger partial charge in [0.05, 0.1) is 6.10 Å². The fraction of sp³-hybridized carbons (Fsp3) is 0.462. The molecule has 2 saturated carbocycles. The zero-order valence-corrected chi connectivity index (χ0v) is 19.6. The predicted octanol–water partition coefficient (Wildman–Crippen LogP) is 5.82. The third-order valence-corrected chi connectivity index (χ3v) is 8.32. The first-order valence-corrected chi connectivity index (χ1v) is 12.8. The minimum Gasteiger partial charge on any atom is -0.483 e. The van der Waals surface area contributed by atoms with E-state index < -0.39 is 6.10 Å². The number of fused-ring (bicyclic) bond motifs is 2. The van der Waals surface area contributed by atoms with Crippen LogP contribution in [0.3, 0.4) is 0 Å². The molecule has 2 aromatic carbocycles. The Kier molecular flexibility index (Phi) is 6.69. The van der Waals surface area contributed by atoms with Gasteiger partial charge in [-0.15, -0.1) is 10.2 Å². The lowest BCUT2D eigenvalue weighted by Gasteiger charge is -2.30. The van der Waals surface area contributed by atoms with E-state index in [1.807, 2.05) is 30.3 Å². The van der Waals surface area contributed by atoms with Crippen molar-refractivity contribution >= 4 is 11.8 Å². The number of aliphatic hydroxyl groups excluding tert-OH is 1. The van der Waals surface area contributed by atoms with E-state index in [2.05, 4.69) is 21.7 Å². The molecule has 5 rings (SSSR count). The van der Waals surface area contributed by atoms with Crippen LogP contribution in [0.1, 0.15) is 56.1 Å². The van der Waals surface area contributed by atoms with Crippen LogP contribution in [0.5, 0.6) is 5.75 Å². The molecular formula is C26H30FN3O2S. The van der Waals surface area contributed by atoms with Gasteiger partial charge < -0.3 is 9.84 Å². The van der Waals surface area contributed by atoms with E-state index in [1.54, 1.807) is 18.2 Å². The molecule has 2 aliphatic rings. The van der Waals surface area contributed by atoms with Crippen molar-refractivity contribution in [3.05, 3.63) is 71.8 Å². The lowest BCUT2D eigenvalue weighted by atomic mass is 9.84. The molecule has 5 nitrogen and oxygen atoms in total. The van der Waals surface area contributed by atoms with E-state index in [1.165, 1.54) is 43.5 Å². The number of ether oxygens (including phenoxy) is 1. The Hall–Kier alpha value is -2.38. The van der Waals surface area contributed by atoms with Gasteiger partial charge in [0.1, 0.15) is 6.61 Å². The molecule has 1 heterocycles. The topological polar surface area (TPSA) is 60.2 Å². The van der Waals surface area contributed by atoms with Gasteiger partial charge in [-0.05, 0) is 61.6 Å². The first kappa shape index (κ1) is 22.4. The van der Waals surface area contributed by atoms with Crippen molar-refractivity contribution in [3.63, 3.8) is 0 Å². The van der Waals surface area contributed by atoms with Crippen molar-refractivity contribution < 1.29 is 14.2 Å². The van der Waals surface area contributed by atoms with Gasteiger partial charge in [0.15, 0.2) is 22.5 Å². The van der Waals surface area contributed by atoms with Gasteiger partial charge in [0.2, 0.25) is 0 Å². The predicted molar refractivity (Wildman–Crippen MR) is 127 cm³/mol. The van der Waals surface area contributed by atoms with Gasteiger partial charge in [0.25, 0.3) is 0 Å². The van der Waals surface area contributed by atoms with E-state index in [0.29, 0.717) is 17.5 Å². The van der Waals surface area contributed by atoms with Crippen molar-refractivity contribution in [1.29, 1.82) is 0 Å². The second-order valence-corrected chi connectivity index (χ2v) is 10.3. The molecule has 1 N–H and O–H groups in total. The Morgan fingerprint density at radius 1 is 1.09 bits per heavy atom. The zero-order chi connectivity index (χ0) is 22.8. The van der Waals surface area contributed by atoms with E-state index in [0.717, 1.165) is 22.6 Å². The standard InChI is InChI=1S/C26H30FN3O2S/c1-17(21-14-18-11-12-20(21)13-18)30-25(15-32-24-10-6-5-9-22(24)27)28-29-26(30)33-16-23(31)19-7-3-2-4-8-19/h2-10,17-18,20-21,23,31H,11-16H2,1H3/t17-,18+,20+,21+,23+/m1/s1. The summed E-state index contributed by atoms with van der Waals surface area (Å²) in [5, 5.41) is 20.3. The second kappa shape index (κ2) is 9.85. The summed E-state index contributed by atoms with van der Waals surface area (Å²) < 4.78 is 22.0. The first-order chi connectivity index (χ1) is 16.1. The molecule has 0 aliphatic heterocycles. The number of para-hydroxylation sites is 1. The summed E-state index contributed by atoms with van der Waals surface area (Å²) in [5.74, 6) is 3.20. The van der Waals surface area contributed by atoms with Crippen LogP contribution in [0.15, 0.2) is 59.8 Å². The average molecular weight is 468 g/mol. The van der Waals surface area contributed by atoms with Crippen molar-refractivity contribution in [2.24, 2.45) is 17.8 Å². The molecule has 0 unspecified atom stereocenters. The number of aliphatic hydroxyl groups is 1. The number of halogens is 1. The molecule has 3 aromatic rings. The van der Waals surface area contributed by atoms with Crippen molar-refractivity contribution in [2.45, 2.75) is 56.5 Å². The number of aromatic nitrogens is 3. The molecule has 33 heavy (non-hydrogen) atoms. The number of benzene rings is 2. The van der Waals surface area contributed by atoms with Crippen LogP contribution < -0.4 is 4.74 Å². The van der Waals surface area contributed by atoms with Gasteiger partial charge in [-0.2, -0.15) is 0 Å². The van der Waals surface area contributed by atoms with Gasteiger partial charge in [0, 0.05) is 11.8 Å². The van der Waals surface area contributed by atoms with Gasteiger partial charge in [-0.1, -0.05) is 60.6 Å². The van der Waals surface area contributed by atoms with Gasteiger partial charge in [-0.3, -0.25) is 4.57 Å². The molecule has 0 radical (unpaired) electrons. The maximum absolute atomic E-state index is 14.1. The normalized spacial score (nSPS) is 23.5. The molecule has 5 atom stereocenters. The minimum atomic E-state index is -0.586. The molecule has 1 aromatic heterocycles. The summed E-state index contributed by atoms with van der Waals surface area (Å²) in [7, 11) is 0. The highest BCUT2D eigenvalue weighted by molar-refractivity contribution is 7.99. The number of thioether (sulfide) groups is 1. The van der Waals surface area contributed by atoms with Gasteiger partial charge >= 0.3 is 0 Å². The second-order valence-electron chi connectivity index (χ2n) is 9.30. The van der Waals surface area contributed by atoms with Crippen LogP contribution in [-0.4, -0.2) is 25.6 Å². The monoisotopic (exact) mass is 467 g/mol. The third-order valence-electron chi connectivity index (χ3n) is 7.30. The molecule has 0 amide bonds. The summed E-state index contributed by atoms with van der Waals surface area (Å²) in [6.45, 7) is 2.40. The van der Waals surface area contributed by atoms with Crippen LogP contribution in [0.2, 0.25) is 0 Å². The van der Waals surface area contributed by atoms with E-state index in [4.69, 9.17) is 4.74 Å². The fourth-order valence-electron chi connectivity index (χ4n) is 5.62.